The van der Waals surface area contributed by atoms with Crippen LogP contribution in [0.1, 0.15) is 34.6 Å². The van der Waals surface area contributed by atoms with E-state index in [9.17, 15) is 4.79 Å². The molecule has 0 saturated carbocycles. The van der Waals surface area contributed by atoms with Gasteiger partial charge >= 0.3 is 0 Å². The van der Waals surface area contributed by atoms with Crippen LogP contribution in [0.3, 0.4) is 0 Å². The fourth-order valence-corrected chi connectivity index (χ4v) is 1.43. The van der Waals surface area contributed by atoms with Crippen molar-refractivity contribution < 1.29 is 9.53 Å². The Hall–Kier alpha value is -2.29. The van der Waals surface area contributed by atoms with E-state index in [0.717, 1.165) is 17.2 Å². The second kappa shape index (κ2) is 11.5. The minimum atomic E-state index is -0.0817. The van der Waals surface area contributed by atoms with E-state index in [4.69, 9.17) is 4.74 Å². The van der Waals surface area contributed by atoms with Gasteiger partial charge in [-0.1, -0.05) is 45.9 Å². The number of ether oxygens (including phenoxy) is 1. The summed E-state index contributed by atoms with van der Waals surface area (Å²) >= 11 is 0. The third-order valence-electron chi connectivity index (χ3n) is 2.15. The molecule has 0 aliphatic carbocycles. The Morgan fingerprint density at radius 2 is 1.29 bits per heavy atom. The Bertz CT molecular complexity index is 492. The number of benzene rings is 2. The van der Waals surface area contributed by atoms with E-state index in [-0.39, 0.29) is 5.91 Å². The third kappa shape index (κ3) is 7.78. The van der Waals surface area contributed by atoms with Gasteiger partial charge in [0.1, 0.15) is 11.5 Å². The molecule has 2 aromatic carbocycles. The number of anilines is 1. The van der Waals surface area contributed by atoms with Crippen molar-refractivity contribution in [3.05, 3.63) is 54.6 Å². The molecule has 3 heteroatoms. The molecule has 1 amide bonds. The first kappa shape index (κ1) is 18.7. The SMILES string of the molecule is CC.CC.CC(=O)Nc1ccc(Oc2ccccc2)cc1. The van der Waals surface area contributed by atoms with Crippen molar-refractivity contribution in [1.29, 1.82) is 0 Å². The standard InChI is InChI=1S/C14H13NO2.2C2H6/c1-11(16)15-12-7-9-14(10-8-12)17-13-5-3-2-4-6-13;2*1-2/h2-10H,1H3,(H,15,16);2*1-2H3. The van der Waals surface area contributed by atoms with Gasteiger partial charge in [0.2, 0.25) is 5.91 Å². The number of hydrogen-bond acceptors (Lipinski definition) is 2. The van der Waals surface area contributed by atoms with Crippen LogP contribution in [0.2, 0.25) is 0 Å². The van der Waals surface area contributed by atoms with Gasteiger partial charge in [-0.15, -0.1) is 0 Å². The lowest BCUT2D eigenvalue weighted by molar-refractivity contribution is -0.114. The van der Waals surface area contributed by atoms with Crippen LogP contribution in [0, 0.1) is 0 Å². The average Bonchev–Trinajstić information content (AvgIpc) is 2.54. The highest BCUT2D eigenvalue weighted by molar-refractivity contribution is 5.88. The Morgan fingerprint density at radius 3 is 1.76 bits per heavy atom. The van der Waals surface area contributed by atoms with Crippen molar-refractivity contribution in [2.75, 3.05) is 5.32 Å². The van der Waals surface area contributed by atoms with E-state index < -0.39 is 0 Å². The summed E-state index contributed by atoms with van der Waals surface area (Å²) in [6, 6.07) is 16.8. The highest BCUT2D eigenvalue weighted by Gasteiger charge is 1.98. The molecular weight excluding hydrogens is 262 g/mol. The van der Waals surface area contributed by atoms with Crippen molar-refractivity contribution in [3.63, 3.8) is 0 Å². The van der Waals surface area contributed by atoms with Crippen molar-refractivity contribution in [1.82, 2.24) is 0 Å². The molecule has 0 spiro atoms. The van der Waals surface area contributed by atoms with E-state index in [1.54, 1.807) is 12.1 Å². The maximum absolute atomic E-state index is 10.8. The quantitative estimate of drug-likeness (QED) is 0.810. The lowest BCUT2D eigenvalue weighted by Gasteiger charge is -2.06. The molecule has 3 nitrogen and oxygen atoms in total. The Labute approximate surface area is 128 Å². The lowest BCUT2D eigenvalue weighted by atomic mass is 10.3. The van der Waals surface area contributed by atoms with Crippen LogP contribution in [0.15, 0.2) is 54.6 Å². The van der Waals surface area contributed by atoms with Crippen molar-refractivity contribution in [2.24, 2.45) is 0 Å². The first-order valence-corrected chi connectivity index (χ1v) is 7.34. The van der Waals surface area contributed by atoms with Gasteiger partial charge < -0.3 is 10.1 Å². The van der Waals surface area contributed by atoms with Gasteiger partial charge in [-0.3, -0.25) is 4.79 Å². The minimum absolute atomic E-state index is 0.0817. The van der Waals surface area contributed by atoms with E-state index in [2.05, 4.69) is 5.32 Å². The second-order valence-corrected chi connectivity index (χ2v) is 3.62. The molecule has 0 aliphatic rings. The van der Waals surface area contributed by atoms with Crippen LogP contribution in [0.4, 0.5) is 5.69 Å². The van der Waals surface area contributed by atoms with E-state index in [1.165, 1.54) is 6.92 Å². The molecule has 1 N–H and O–H groups in total. The topological polar surface area (TPSA) is 38.3 Å². The van der Waals surface area contributed by atoms with E-state index in [0.29, 0.717) is 0 Å². The van der Waals surface area contributed by atoms with Gasteiger partial charge in [0.15, 0.2) is 0 Å². The molecule has 0 bridgehead atoms. The fourth-order valence-electron chi connectivity index (χ4n) is 1.43. The van der Waals surface area contributed by atoms with Gasteiger partial charge in [-0.25, -0.2) is 0 Å². The minimum Gasteiger partial charge on any atom is -0.457 e. The Balaban J connectivity index is 0.000000921. The zero-order chi connectivity index (χ0) is 16.1. The summed E-state index contributed by atoms with van der Waals surface area (Å²) in [4.78, 5) is 10.8. The third-order valence-corrected chi connectivity index (χ3v) is 2.15. The number of carbonyl (C=O) groups excluding carboxylic acids is 1. The maximum atomic E-state index is 10.8. The zero-order valence-corrected chi connectivity index (χ0v) is 13.5. The first-order chi connectivity index (χ1) is 10.2. The molecule has 0 aromatic heterocycles. The summed E-state index contributed by atoms with van der Waals surface area (Å²) in [5, 5.41) is 2.70. The molecular formula is C18H25NO2. The Kier molecular flexibility index (Phi) is 10.3. The highest BCUT2D eigenvalue weighted by atomic mass is 16.5. The molecule has 0 aliphatic heterocycles. The molecule has 0 saturated heterocycles. The first-order valence-electron chi connectivity index (χ1n) is 7.34. The fraction of sp³-hybridized carbons (Fsp3) is 0.278. The van der Waals surface area contributed by atoms with Crippen molar-refractivity contribution in [3.8, 4) is 11.5 Å². The van der Waals surface area contributed by atoms with Gasteiger partial charge in [-0.2, -0.15) is 0 Å². The molecule has 0 heterocycles. The van der Waals surface area contributed by atoms with Crippen LogP contribution in [0.5, 0.6) is 11.5 Å². The molecule has 0 atom stereocenters. The van der Waals surface area contributed by atoms with Crippen molar-refractivity contribution >= 4 is 11.6 Å². The Morgan fingerprint density at radius 1 is 0.810 bits per heavy atom. The number of para-hydroxylation sites is 1. The predicted octanol–water partition coefficient (Wildman–Crippen LogP) is 5.49. The number of hydrogen-bond donors (Lipinski definition) is 1. The molecule has 0 radical (unpaired) electrons. The monoisotopic (exact) mass is 287 g/mol. The number of nitrogens with one attached hydrogen (secondary N) is 1. The average molecular weight is 287 g/mol. The van der Waals surface area contributed by atoms with Gasteiger partial charge in [0.25, 0.3) is 0 Å². The van der Waals surface area contributed by atoms with Gasteiger partial charge in [0.05, 0.1) is 0 Å². The smallest absolute Gasteiger partial charge is 0.221 e. The van der Waals surface area contributed by atoms with Gasteiger partial charge in [0, 0.05) is 12.6 Å². The summed E-state index contributed by atoms with van der Waals surface area (Å²) in [5.74, 6) is 1.45. The molecule has 2 aromatic rings. The molecule has 2 rings (SSSR count). The zero-order valence-electron chi connectivity index (χ0n) is 13.5. The normalized spacial score (nSPS) is 8.43. The number of carbonyl (C=O) groups is 1. The second-order valence-electron chi connectivity index (χ2n) is 3.62. The summed E-state index contributed by atoms with van der Waals surface area (Å²) in [7, 11) is 0. The molecule has 21 heavy (non-hydrogen) atoms. The van der Waals surface area contributed by atoms with Crippen molar-refractivity contribution in [2.45, 2.75) is 34.6 Å². The predicted molar refractivity (Wildman–Crippen MR) is 90.0 cm³/mol. The summed E-state index contributed by atoms with van der Waals surface area (Å²) in [5.41, 5.74) is 0.762. The summed E-state index contributed by atoms with van der Waals surface area (Å²) in [6.45, 7) is 9.48. The maximum Gasteiger partial charge on any atom is 0.221 e. The van der Waals surface area contributed by atoms with E-state index in [1.807, 2.05) is 70.2 Å². The largest absolute Gasteiger partial charge is 0.457 e. The van der Waals surface area contributed by atoms with Crippen LogP contribution < -0.4 is 10.1 Å². The lowest BCUT2D eigenvalue weighted by Crippen LogP contribution is -2.05. The van der Waals surface area contributed by atoms with Crippen LogP contribution >= 0.6 is 0 Å². The highest BCUT2D eigenvalue weighted by Crippen LogP contribution is 2.22. The number of rotatable bonds is 3. The number of amides is 1. The molecule has 0 fully saturated rings. The summed E-state index contributed by atoms with van der Waals surface area (Å²) < 4.78 is 5.63. The van der Waals surface area contributed by atoms with Crippen LogP contribution in [-0.4, -0.2) is 5.91 Å². The van der Waals surface area contributed by atoms with Gasteiger partial charge in [-0.05, 0) is 36.4 Å². The summed E-state index contributed by atoms with van der Waals surface area (Å²) in [6.07, 6.45) is 0. The van der Waals surface area contributed by atoms with Crippen LogP contribution in [0.25, 0.3) is 0 Å². The van der Waals surface area contributed by atoms with Crippen LogP contribution in [-0.2, 0) is 4.79 Å². The molecule has 0 unspecified atom stereocenters. The van der Waals surface area contributed by atoms with E-state index >= 15 is 0 Å². The molecule has 114 valence electrons.